The van der Waals surface area contributed by atoms with E-state index in [2.05, 4.69) is 4.74 Å². The third-order valence-electron chi connectivity index (χ3n) is 1.74. The van der Waals surface area contributed by atoms with E-state index in [1.54, 1.807) is 13.0 Å². The first kappa shape index (κ1) is 12.4. The van der Waals surface area contributed by atoms with Crippen molar-refractivity contribution in [3.8, 4) is 5.75 Å². The van der Waals surface area contributed by atoms with Crippen molar-refractivity contribution in [3.05, 3.63) is 27.3 Å². The van der Waals surface area contributed by atoms with Crippen LogP contribution in [-0.4, -0.2) is 12.4 Å². The lowest BCUT2D eigenvalue weighted by Crippen LogP contribution is -2.04. The van der Waals surface area contributed by atoms with Gasteiger partial charge in [-0.15, -0.1) is 0 Å². The molecular weight excluding hydrogens is 317 g/mol. The molecule has 0 aliphatic rings. The van der Waals surface area contributed by atoms with E-state index in [1.165, 1.54) is 12.1 Å². The van der Waals surface area contributed by atoms with Gasteiger partial charge in [-0.3, -0.25) is 4.79 Å². The first-order valence-corrected chi connectivity index (χ1v) is 5.39. The Morgan fingerprint density at radius 3 is 2.67 bits per heavy atom. The van der Waals surface area contributed by atoms with Crippen LogP contribution in [0.3, 0.4) is 0 Å². The van der Waals surface area contributed by atoms with Gasteiger partial charge in [0.2, 0.25) is 0 Å². The van der Waals surface area contributed by atoms with Gasteiger partial charge in [0.15, 0.2) is 5.78 Å². The largest absolute Gasteiger partial charge is 0.435 e. The Labute approximate surface area is 99.8 Å². The number of rotatable bonds is 4. The van der Waals surface area contributed by atoms with Gasteiger partial charge in [-0.05, 0) is 40.8 Å². The monoisotopic (exact) mass is 326 g/mol. The number of ketones is 1. The second kappa shape index (κ2) is 5.39. The van der Waals surface area contributed by atoms with Crippen molar-refractivity contribution in [1.29, 1.82) is 0 Å². The molecule has 0 radical (unpaired) electrons. The van der Waals surface area contributed by atoms with Crippen LogP contribution < -0.4 is 4.74 Å². The van der Waals surface area contributed by atoms with E-state index < -0.39 is 6.61 Å². The molecule has 0 spiro atoms. The van der Waals surface area contributed by atoms with Crippen molar-refractivity contribution >= 4 is 28.4 Å². The minimum Gasteiger partial charge on any atom is -0.435 e. The van der Waals surface area contributed by atoms with E-state index in [0.29, 0.717) is 15.6 Å². The first-order valence-electron chi connectivity index (χ1n) is 4.31. The summed E-state index contributed by atoms with van der Waals surface area (Å²) in [6, 6.07) is 4.43. The number of hydrogen-bond donors (Lipinski definition) is 0. The summed E-state index contributed by atoms with van der Waals surface area (Å²) in [5.41, 5.74) is 0.403. The molecule has 5 heteroatoms. The fourth-order valence-electron chi connectivity index (χ4n) is 1.10. The van der Waals surface area contributed by atoms with Gasteiger partial charge in [-0.1, -0.05) is 6.92 Å². The molecule has 0 aliphatic carbocycles. The molecule has 1 aromatic rings. The molecule has 0 atom stereocenters. The van der Waals surface area contributed by atoms with Crippen LogP contribution >= 0.6 is 22.6 Å². The van der Waals surface area contributed by atoms with E-state index >= 15 is 0 Å². The molecule has 0 saturated carbocycles. The standard InChI is InChI=1S/C10H9F2IO2/c1-2-9(14)6-3-7(13)5-8(4-6)15-10(11)12/h3-5,10H,2H2,1H3. The third-order valence-corrected chi connectivity index (χ3v) is 2.36. The predicted molar refractivity (Wildman–Crippen MR) is 60.4 cm³/mol. The van der Waals surface area contributed by atoms with Gasteiger partial charge in [0.05, 0.1) is 0 Å². The maximum atomic E-state index is 12.0. The van der Waals surface area contributed by atoms with Gasteiger partial charge < -0.3 is 4.74 Å². The van der Waals surface area contributed by atoms with Crippen molar-refractivity contribution in [3.63, 3.8) is 0 Å². The molecule has 0 aromatic heterocycles. The Bertz CT molecular complexity index is 366. The zero-order chi connectivity index (χ0) is 11.4. The molecule has 2 nitrogen and oxygen atoms in total. The van der Waals surface area contributed by atoms with Gasteiger partial charge >= 0.3 is 6.61 Å². The van der Waals surface area contributed by atoms with E-state index in [1.807, 2.05) is 22.6 Å². The minimum absolute atomic E-state index is 0.0219. The first-order chi connectivity index (χ1) is 7.02. The van der Waals surface area contributed by atoms with Gasteiger partial charge in [0.1, 0.15) is 5.75 Å². The van der Waals surface area contributed by atoms with Crippen molar-refractivity contribution in [2.75, 3.05) is 0 Å². The number of alkyl halides is 2. The number of halogens is 3. The quantitative estimate of drug-likeness (QED) is 0.625. The van der Waals surface area contributed by atoms with Crippen LogP contribution in [0.5, 0.6) is 5.75 Å². The number of ether oxygens (including phenoxy) is 1. The second-order valence-electron chi connectivity index (χ2n) is 2.83. The highest BCUT2D eigenvalue weighted by Crippen LogP contribution is 2.21. The van der Waals surface area contributed by atoms with E-state index in [-0.39, 0.29) is 11.5 Å². The highest BCUT2D eigenvalue weighted by Gasteiger charge is 2.09. The zero-order valence-electron chi connectivity index (χ0n) is 7.97. The number of Topliss-reactive ketones (excluding diaryl/α,β-unsaturated/α-hetero) is 1. The van der Waals surface area contributed by atoms with E-state index in [9.17, 15) is 13.6 Å². The molecule has 0 heterocycles. The summed E-state index contributed by atoms with van der Waals surface area (Å²) >= 11 is 1.95. The minimum atomic E-state index is -2.87. The highest BCUT2D eigenvalue weighted by molar-refractivity contribution is 14.1. The lowest BCUT2D eigenvalue weighted by Gasteiger charge is -2.06. The third kappa shape index (κ3) is 3.73. The molecule has 0 N–H and O–H groups in total. The fraction of sp³-hybridized carbons (Fsp3) is 0.300. The molecule has 82 valence electrons. The average molecular weight is 326 g/mol. The summed E-state index contributed by atoms with van der Waals surface area (Å²) in [6.07, 6.45) is 0.341. The average Bonchev–Trinajstić information content (AvgIpc) is 2.14. The summed E-state index contributed by atoms with van der Waals surface area (Å²) in [6.45, 7) is -1.15. The van der Waals surface area contributed by atoms with Crippen LogP contribution in [0.25, 0.3) is 0 Å². The topological polar surface area (TPSA) is 26.3 Å². The normalized spacial score (nSPS) is 10.5. The summed E-state index contributed by atoms with van der Waals surface area (Å²) in [5.74, 6) is -0.0682. The summed E-state index contributed by atoms with van der Waals surface area (Å²) in [4.78, 5) is 11.4. The van der Waals surface area contributed by atoms with Crippen molar-refractivity contribution < 1.29 is 18.3 Å². The van der Waals surface area contributed by atoms with Crippen LogP contribution in [0.4, 0.5) is 8.78 Å². The van der Waals surface area contributed by atoms with Crippen LogP contribution in [0, 0.1) is 3.57 Å². The molecule has 0 bridgehead atoms. The Balaban J connectivity index is 2.99. The predicted octanol–water partition coefficient (Wildman–Crippen LogP) is 3.49. The maximum Gasteiger partial charge on any atom is 0.387 e. The maximum absolute atomic E-state index is 12.0. The number of carbonyl (C=O) groups excluding carboxylic acids is 1. The van der Waals surface area contributed by atoms with Gasteiger partial charge in [-0.2, -0.15) is 8.78 Å². The molecule has 1 rings (SSSR count). The summed E-state index contributed by atoms with van der Waals surface area (Å²) in [5, 5.41) is 0. The van der Waals surface area contributed by atoms with Crippen molar-refractivity contribution in [1.82, 2.24) is 0 Å². The van der Waals surface area contributed by atoms with Crippen molar-refractivity contribution in [2.45, 2.75) is 20.0 Å². The van der Waals surface area contributed by atoms with Gasteiger partial charge in [0, 0.05) is 15.6 Å². The second-order valence-corrected chi connectivity index (χ2v) is 4.08. The Hall–Kier alpha value is -0.720. The molecule has 0 fully saturated rings. The molecule has 1 aromatic carbocycles. The molecular formula is C10H9F2IO2. The fourth-order valence-corrected chi connectivity index (χ4v) is 1.74. The number of carbonyl (C=O) groups is 1. The zero-order valence-corrected chi connectivity index (χ0v) is 10.1. The lowest BCUT2D eigenvalue weighted by molar-refractivity contribution is -0.0499. The smallest absolute Gasteiger partial charge is 0.387 e. The van der Waals surface area contributed by atoms with Crippen LogP contribution in [0.1, 0.15) is 23.7 Å². The van der Waals surface area contributed by atoms with Gasteiger partial charge in [-0.25, -0.2) is 0 Å². The van der Waals surface area contributed by atoms with Crippen LogP contribution in [0.2, 0.25) is 0 Å². The molecule has 0 amide bonds. The molecule has 0 aliphatic heterocycles. The summed E-state index contributed by atoms with van der Waals surface area (Å²) < 4.78 is 28.9. The Kier molecular flexibility index (Phi) is 4.44. The SMILES string of the molecule is CCC(=O)c1cc(I)cc(OC(F)F)c1. The van der Waals surface area contributed by atoms with E-state index in [0.717, 1.165) is 0 Å². The van der Waals surface area contributed by atoms with Crippen LogP contribution in [-0.2, 0) is 0 Å². The van der Waals surface area contributed by atoms with E-state index in [4.69, 9.17) is 0 Å². The number of benzene rings is 1. The highest BCUT2D eigenvalue weighted by atomic mass is 127. The molecule has 0 unspecified atom stereocenters. The van der Waals surface area contributed by atoms with Crippen molar-refractivity contribution in [2.24, 2.45) is 0 Å². The molecule has 0 saturated heterocycles. The Morgan fingerprint density at radius 1 is 1.47 bits per heavy atom. The number of hydrogen-bond acceptors (Lipinski definition) is 2. The Morgan fingerprint density at radius 2 is 2.13 bits per heavy atom. The molecule has 15 heavy (non-hydrogen) atoms. The van der Waals surface area contributed by atoms with Crippen LogP contribution in [0.15, 0.2) is 18.2 Å². The van der Waals surface area contributed by atoms with Gasteiger partial charge in [0.25, 0.3) is 0 Å². The summed E-state index contributed by atoms with van der Waals surface area (Å²) in [7, 11) is 0. The lowest BCUT2D eigenvalue weighted by atomic mass is 10.1.